The first-order chi connectivity index (χ1) is 9.49. The van der Waals surface area contributed by atoms with Crippen molar-refractivity contribution < 1.29 is 0 Å². The highest BCUT2D eigenvalue weighted by Gasteiger charge is 2.40. The molecule has 0 aliphatic heterocycles. The molecule has 0 aromatic carbocycles. The predicted octanol–water partition coefficient (Wildman–Crippen LogP) is 4.05. The highest BCUT2D eigenvalue weighted by molar-refractivity contribution is 4.96. The predicted molar refractivity (Wildman–Crippen MR) is 88.1 cm³/mol. The van der Waals surface area contributed by atoms with E-state index in [1.807, 2.05) is 0 Å². The highest BCUT2D eigenvalue weighted by Crippen LogP contribution is 2.42. The standard InChI is InChI=1S/C18H36N2/c1-6-18(3,4)14-11-12-16(19-7-2)17(13-14)20(5)15-9-8-10-15/h14-17,19H,6-13H2,1-5H3. The molecule has 0 bridgehead atoms. The van der Waals surface area contributed by atoms with Crippen molar-refractivity contribution in [2.75, 3.05) is 13.6 Å². The number of nitrogens with zero attached hydrogens (tertiary/aromatic N) is 1. The Bertz CT molecular complexity index is 294. The summed E-state index contributed by atoms with van der Waals surface area (Å²) in [6, 6.07) is 2.34. The molecule has 2 heteroatoms. The van der Waals surface area contributed by atoms with Gasteiger partial charge in [0.2, 0.25) is 0 Å². The lowest BCUT2D eigenvalue weighted by atomic mass is 9.67. The van der Waals surface area contributed by atoms with E-state index in [1.54, 1.807) is 0 Å². The van der Waals surface area contributed by atoms with Crippen LogP contribution < -0.4 is 5.32 Å². The Morgan fingerprint density at radius 1 is 1.10 bits per heavy atom. The summed E-state index contributed by atoms with van der Waals surface area (Å²) in [5, 5.41) is 3.77. The first-order valence-electron chi connectivity index (χ1n) is 8.95. The van der Waals surface area contributed by atoms with E-state index < -0.39 is 0 Å². The summed E-state index contributed by atoms with van der Waals surface area (Å²) in [5.74, 6) is 0.898. The van der Waals surface area contributed by atoms with Crippen LogP contribution in [0.5, 0.6) is 0 Å². The van der Waals surface area contributed by atoms with Gasteiger partial charge in [0.25, 0.3) is 0 Å². The Morgan fingerprint density at radius 2 is 1.80 bits per heavy atom. The van der Waals surface area contributed by atoms with Crippen LogP contribution in [0.4, 0.5) is 0 Å². The van der Waals surface area contributed by atoms with Gasteiger partial charge in [-0.2, -0.15) is 0 Å². The van der Waals surface area contributed by atoms with Gasteiger partial charge < -0.3 is 5.32 Å². The van der Waals surface area contributed by atoms with Crippen molar-refractivity contribution in [2.24, 2.45) is 11.3 Å². The lowest BCUT2D eigenvalue weighted by Crippen LogP contribution is -2.57. The molecule has 2 fully saturated rings. The van der Waals surface area contributed by atoms with Gasteiger partial charge in [-0.25, -0.2) is 0 Å². The topological polar surface area (TPSA) is 15.3 Å². The molecular formula is C18H36N2. The smallest absolute Gasteiger partial charge is 0.0252 e. The lowest BCUT2D eigenvalue weighted by Gasteiger charge is -2.49. The average molecular weight is 281 g/mol. The third-order valence-corrected chi connectivity index (χ3v) is 6.47. The molecule has 2 saturated carbocycles. The highest BCUT2D eigenvalue weighted by atomic mass is 15.2. The van der Waals surface area contributed by atoms with Crippen LogP contribution >= 0.6 is 0 Å². The SMILES string of the molecule is CCNC1CCC(C(C)(C)CC)CC1N(C)C1CCC1. The maximum absolute atomic E-state index is 3.77. The van der Waals surface area contributed by atoms with Crippen LogP contribution in [0.3, 0.4) is 0 Å². The monoisotopic (exact) mass is 280 g/mol. The lowest BCUT2D eigenvalue weighted by molar-refractivity contribution is 0.0224. The molecule has 118 valence electrons. The van der Waals surface area contributed by atoms with Crippen molar-refractivity contribution in [3.63, 3.8) is 0 Å². The molecule has 0 aromatic heterocycles. The number of likely N-dealkylation sites (N-methyl/N-ethyl adjacent to an activating group) is 2. The van der Waals surface area contributed by atoms with Gasteiger partial charge in [-0.05, 0) is 57.0 Å². The first kappa shape index (κ1) is 16.3. The molecule has 0 radical (unpaired) electrons. The van der Waals surface area contributed by atoms with E-state index in [0.717, 1.165) is 30.6 Å². The van der Waals surface area contributed by atoms with E-state index in [-0.39, 0.29) is 0 Å². The second-order valence-corrected chi connectivity index (χ2v) is 7.83. The molecule has 0 heterocycles. The summed E-state index contributed by atoms with van der Waals surface area (Å²) in [6.45, 7) is 10.7. The Morgan fingerprint density at radius 3 is 2.30 bits per heavy atom. The quantitative estimate of drug-likeness (QED) is 0.789. The Labute approximate surface area is 126 Å². The summed E-state index contributed by atoms with van der Waals surface area (Å²) in [6.07, 6.45) is 9.77. The van der Waals surface area contributed by atoms with Crippen molar-refractivity contribution in [2.45, 2.75) is 90.8 Å². The van der Waals surface area contributed by atoms with Crippen LogP contribution in [-0.4, -0.2) is 36.6 Å². The Balaban J connectivity index is 2.04. The van der Waals surface area contributed by atoms with Gasteiger partial charge in [0.05, 0.1) is 0 Å². The van der Waals surface area contributed by atoms with Crippen molar-refractivity contribution in [3.05, 3.63) is 0 Å². The van der Waals surface area contributed by atoms with Crippen molar-refractivity contribution in [1.82, 2.24) is 10.2 Å². The second-order valence-electron chi connectivity index (χ2n) is 7.83. The third kappa shape index (κ3) is 3.39. The van der Waals surface area contributed by atoms with Gasteiger partial charge in [-0.1, -0.05) is 40.5 Å². The van der Waals surface area contributed by atoms with Crippen LogP contribution in [0.25, 0.3) is 0 Å². The Hall–Kier alpha value is -0.0800. The second kappa shape index (κ2) is 6.79. The molecule has 0 saturated heterocycles. The number of nitrogens with one attached hydrogen (secondary N) is 1. The van der Waals surface area contributed by atoms with E-state index >= 15 is 0 Å². The van der Waals surface area contributed by atoms with Gasteiger partial charge in [0.1, 0.15) is 0 Å². The van der Waals surface area contributed by atoms with Gasteiger partial charge in [-0.3, -0.25) is 4.90 Å². The zero-order chi connectivity index (χ0) is 14.8. The fraction of sp³-hybridized carbons (Fsp3) is 1.00. The zero-order valence-corrected chi connectivity index (χ0v) is 14.4. The molecule has 2 aliphatic carbocycles. The molecule has 3 atom stereocenters. The minimum absolute atomic E-state index is 0.510. The molecule has 0 spiro atoms. The molecule has 2 rings (SSSR count). The van der Waals surface area contributed by atoms with Gasteiger partial charge >= 0.3 is 0 Å². The van der Waals surface area contributed by atoms with E-state index in [2.05, 4.69) is 45.0 Å². The molecule has 3 unspecified atom stereocenters. The Kier molecular flexibility index (Phi) is 5.53. The van der Waals surface area contributed by atoms with Crippen LogP contribution in [0.15, 0.2) is 0 Å². The zero-order valence-electron chi connectivity index (χ0n) is 14.4. The summed E-state index contributed by atoms with van der Waals surface area (Å²) < 4.78 is 0. The summed E-state index contributed by atoms with van der Waals surface area (Å²) in [4.78, 5) is 2.73. The summed E-state index contributed by atoms with van der Waals surface area (Å²) >= 11 is 0. The molecule has 20 heavy (non-hydrogen) atoms. The fourth-order valence-electron chi connectivity index (χ4n) is 4.16. The molecule has 1 N–H and O–H groups in total. The number of rotatable bonds is 6. The first-order valence-corrected chi connectivity index (χ1v) is 8.95. The van der Waals surface area contributed by atoms with Gasteiger partial charge in [0, 0.05) is 18.1 Å². The van der Waals surface area contributed by atoms with Crippen molar-refractivity contribution in [3.8, 4) is 0 Å². The van der Waals surface area contributed by atoms with Gasteiger partial charge in [-0.15, -0.1) is 0 Å². The minimum Gasteiger partial charge on any atom is -0.313 e. The van der Waals surface area contributed by atoms with E-state index in [1.165, 1.54) is 44.9 Å². The molecular weight excluding hydrogens is 244 g/mol. The van der Waals surface area contributed by atoms with Crippen LogP contribution in [0, 0.1) is 11.3 Å². The third-order valence-electron chi connectivity index (χ3n) is 6.47. The maximum Gasteiger partial charge on any atom is 0.0252 e. The minimum atomic E-state index is 0.510. The molecule has 0 aromatic rings. The molecule has 0 amide bonds. The van der Waals surface area contributed by atoms with Crippen LogP contribution in [0.1, 0.15) is 72.6 Å². The summed E-state index contributed by atoms with van der Waals surface area (Å²) in [7, 11) is 2.39. The summed E-state index contributed by atoms with van der Waals surface area (Å²) in [5.41, 5.74) is 0.510. The molecule has 2 aliphatic rings. The van der Waals surface area contributed by atoms with E-state index in [4.69, 9.17) is 0 Å². The average Bonchev–Trinajstić information content (AvgIpc) is 2.37. The van der Waals surface area contributed by atoms with Gasteiger partial charge in [0.15, 0.2) is 0 Å². The molecule has 2 nitrogen and oxygen atoms in total. The fourth-order valence-corrected chi connectivity index (χ4v) is 4.16. The number of hydrogen-bond donors (Lipinski definition) is 1. The normalized spacial score (nSPS) is 32.4. The van der Waals surface area contributed by atoms with Crippen LogP contribution in [-0.2, 0) is 0 Å². The van der Waals surface area contributed by atoms with Crippen molar-refractivity contribution in [1.29, 1.82) is 0 Å². The van der Waals surface area contributed by atoms with Crippen molar-refractivity contribution >= 4 is 0 Å². The number of hydrogen-bond acceptors (Lipinski definition) is 2. The van der Waals surface area contributed by atoms with Crippen LogP contribution in [0.2, 0.25) is 0 Å². The van der Waals surface area contributed by atoms with E-state index in [9.17, 15) is 0 Å². The largest absolute Gasteiger partial charge is 0.313 e. The van der Waals surface area contributed by atoms with E-state index in [0.29, 0.717) is 5.41 Å². The maximum atomic E-state index is 3.77.